The number of ether oxygens (including phenoxy) is 1. The maximum Gasteiger partial charge on any atom is 0.230 e. The Morgan fingerprint density at radius 1 is 1.20 bits per heavy atom. The number of pyridine rings is 1. The van der Waals surface area contributed by atoms with Gasteiger partial charge in [-0.2, -0.15) is 0 Å². The van der Waals surface area contributed by atoms with Crippen LogP contribution < -0.4 is 5.32 Å². The average molecular weight is 379 g/mol. The molecule has 2 aliphatic heterocycles. The number of aliphatic hydroxyl groups is 1. The Morgan fingerprint density at radius 3 is 2.68 bits per heavy atom. The van der Waals surface area contributed by atoms with Crippen molar-refractivity contribution in [3.05, 3.63) is 58.3 Å². The van der Waals surface area contributed by atoms with Gasteiger partial charge < -0.3 is 15.2 Å². The van der Waals surface area contributed by atoms with Crippen molar-refractivity contribution in [3.8, 4) is 0 Å². The van der Waals surface area contributed by atoms with Gasteiger partial charge >= 0.3 is 0 Å². The highest BCUT2D eigenvalue weighted by Crippen LogP contribution is 2.49. The van der Waals surface area contributed by atoms with Crippen LogP contribution in [0, 0.1) is 5.92 Å². The first kappa shape index (κ1) is 16.8. The topological polar surface area (TPSA) is 71.5 Å². The fraction of sp³-hybridized carbons (Fsp3) is 0.333. The van der Waals surface area contributed by atoms with Gasteiger partial charge in [0.25, 0.3) is 0 Å². The number of hydrogen-bond acceptors (Lipinski definition) is 4. The van der Waals surface area contributed by atoms with Crippen LogP contribution in [0.25, 0.3) is 0 Å². The maximum atomic E-state index is 12.9. The van der Waals surface area contributed by atoms with Crippen molar-refractivity contribution in [1.29, 1.82) is 0 Å². The Bertz CT molecular complexity index is 802. The van der Waals surface area contributed by atoms with E-state index in [1.807, 2.05) is 12.1 Å². The van der Waals surface area contributed by atoms with Crippen LogP contribution >= 0.6 is 23.2 Å². The standard InChI is InChI=1S/C18H16Cl2N2O3/c19-11-2-1-10(7-12(11)20)22-18(24)16-14-8-13(23)17(25-14)15(16)9-3-5-21-6-4-9/h1-7,13-17,23H,8H2,(H,22,24)/t13-,14+,15+,16-,17-/m0/s1. The van der Waals surface area contributed by atoms with Crippen molar-refractivity contribution < 1.29 is 14.6 Å². The van der Waals surface area contributed by atoms with Gasteiger partial charge in [-0.05, 0) is 35.9 Å². The first-order valence-electron chi connectivity index (χ1n) is 8.04. The highest BCUT2D eigenvalue weighted by atomic mass is 35.5. The third-order valence-electron chi connectivity index (χ3n) is 4.91. The zero-order chi connectivity index (χ0) is 17.6. The molecule has 0 spiro atoms. The quantitative estimate of drug-likeness (QED) is 0.859. The number of aromatic nitrogens is 1. The lowest BCUT2D eigenvalue weighted by Crippen LogP contribution is -2.41. The van der Waals surface area contributed by atoms with Crippen molar-refractivity contribution in [2.75, 3.05) is 5.32 Å². The number of hydrogen-bond donors (Lipinski definition) is 2. The van der Waals surface area contributed by atoms with Crippen LogP contribution in [-0.4, -0.2) is 34.3 Å². The summed E-state index contributed by atoms with van der Waals surface area (Å²) in [5.74, 6) is -0.746. The smallest absolute Gasteiger partial charge is 0.230 e. The van der Waals surface area contributed by atoms with E-state index in [1.54, 1.807) is 30.6 Å². The molecule has 0 saturated carbocycles. The van der Waals surface area contributed by atoms with E-state index in [9.17, 15) is 9.90 Å². The molecule has 2 saturated heterocycles. The molecule has 2 aromatic rings. The van der Waals surface area contributed by atoms with E-state index in [0.29, 0.717) is 22.2 Å². The molecular weight excluding hydrogens is 363 g/mol. The summed E-state index contributed by atoms with van der Waals surface area (Å²) < 4.78 is 5.89. The molecule has 130 valence electrons. The minimum Gasteiger partial charge on any atom is -0.390 e. The lowest BCUT2D eigenvalue weighted by molar-refractivity contribution is -0.121. The van der Waals surface area contributed by atoms with E-state index < -0.39 is 6.10 Å². The number of aliphatic hydroxyl groups excluding tert-OH is 1. The third-order valence-corrected chi connectivity index (χ3v) is 5.65. The number of benzene rings is 1. The van der Waals surface area contributed by atoms with E-state index in [-0.39, 0.29) is 30.0 Å². The molecule has 2 bridgehead atoms. The van der Waals surface area contributed by atoms with Gasteiger partial charge in [-0.15, -0.1) is 0 Å². The highest BCUT2D eigenvalue weighted by Gasteiger charge is 2.56. The Morgan fingerprint density at radius 2 is 1.96 bits per heavy atom. The molecule has 2 N–H and O–H groups in total. The summed E-state index contributed by atoms with van der Waals surface area (Å²) in [5.41, 5.74) is 1.52. The zero-order valence-corrected chi connectivity index (χ0v) is 14.6. The van der Waals surface area contributed by atoms with Crippen molar-refractivity contribution in [3.63, 3.8) is 0 Å². The number of carbonyl (C=O) groups excluding carboxylic acids is 1. The predicted octanol–water partition coefficient (Wildman–Crippen LogP) is 3.26. The molecule has 1 aromatic carbocycles. The Hall–Kier alpha value is -1.66. The largest absolute Gasteiger partial charge is 0.390 e. The molecule has 5 atom stereocenters. The van der Waals surface area contributed by atoms with Crippen LogP contribution in [-0.2, 0) is 9.53 Å². The van der Waals surface area contributed by atoms with Crippen molar-refractivity contribution in [2.24, 2.45) is 5.92 Å². The predicted molar refractivity (Wildman–Crippen MR) is 94.8 cm³/mol. The molecule has 4 rings (SSSR count). The summed E-state index contributed by atoms with van der Waals surface area (Å²) in [6, 6.07) is 8.69. The van der Waals surface area contributed by atoms with Gasteiger partial charge in [-0.1, -0.05) is 23.2 Å². The van der Waals surface area contributed by atoms with Gasteiger partial charge in [0.1, 0.15) is 0 Å². The first-order valence-corrected chi connectivity index (χ1v) is 8.79. The minimum absolute atomic E-state index is 0.153. The molecule has 0 aliphatic carbocycles. The Labute approximate surface area is 154 Å². The molecule has 25 heavy (non-hydrogen) atoms. The van der Waals surface area contributed by atoms with E-state index in [1.165, 1.54) is 0 Å². The van der Waals surface area contributed by atoms with Crippen LogP contribution in [0.2, 0.25) is 10.0 Å². The highest BCUT2D eigenvalue weighted by molar-refractivity contribution is 6.42. The van der Waals surface area contributed by atoms with E-state index in [0.717, 1.165) is 5.56 Å². The number of nitrogens with one attached hydrogen (secondary N) is 1. The second kappa shape index (κ2) is 6.57. The van der Waals surface area contributed by atoms with E-state index in [2.05, 4.69) is 10.3 Å². The number of nitrogens with zero attached hydrogens (tertiary/aromatic N) is 1. The average Bonchev–Trinajstić information content (AvgIpc) is 3.16. The number of halogens is 2. The summed E-state index contributed by atoms with van der Waals surface area (Å²) >= 11 is 11.9. The minimum atomic E-state index is -0.558. The molecule has 3 heterocycles. The summed E-state index contributed by atoms with van der Waals surface area (Å²) in [7, 11) is 0. The van der Waals surface area contributed by atoms with Gasteiger partial charge in [0.15, 0.2) is 0 Å². The summed E-state index contributed by atoms with van der Waals surface area (Å²) in [5, 5.41) is 13.9. The number of carbonyl (C=O) groups is 1. The van der Waals surface area contributed by atoms with Crippen molar-refractivity contribution in [2.45, 2.75) is 30.7 Å². The van der Waals surface area contributed by atoms with Crippen molar-refractivity contribution >= 4 is 34.8 Å². The van der Waals surface area contributed by atoms with Crippen LogP contribution in [0.15, 0.2) is 42.7 Å². The summed E-state index contributed by atoms with van der Waals surface area (Å²) in [6.07, 6.45) is 2.59. The second-order valence-electron chi connectivity index (χ2n) is 6.39. The molecule has 1 amide bonds. The van der Waals surface area contributed by atoms with Gasteiger partial charge in [0.05, 0.1) is 34.3 Å². The van der Waals surface area contributed by atoms with Gasteiger partial charge in [-0.3, -0.25) is 9.78 Å². The molecule has 2 fully saturated rings. The summed E-state index contributed by atoms with van der Waals surface area (Å²) in [4.78, 5) is 16.9. The number of anilines is 1. The Kier molecular flexibility index (Phi) is 4.41. The van der Waals surface area contributed by atoms with Gasteiger partial charge in [0, 0.05) is 30.4 Å². The first-order chi connectivity index (χ1) is 12.0. The monoisotopic (exact) mass is 378 g/mol. The number of fused-ring (bicyclic) bond motifs is 2. The molecule has 0 radical (unpaired) electrons. The van der Waals surface area contributed by atoms with Crippen LogP contribution in [0.1, 0.15) is 17.9 Å². The van der Waals surface area contributed by atoms with Crippen LogP contribution in [0.5, 0.6) is 0 Å². The molecule has 7 heteroatoms. The molecular formula is C18H16Cl2N2O3. The van der Waals surface area contributed by atoms with Crippen LogP contribution in [0.3, 0.4) is 0 Å². The lowest BCUT2D eigenvalue weighted by atomic mass is 9.74. The molecule has 5 nitrogen and oxygen atoms in total. The molecule has 1 aromatic heterocycles. The fourth-order valence-electron chi connectivity index (χ4n) is 3.83. The molecule has 2 aliphatic rings. The van der Waals surface area contributed by atoms with Gasteiger partial charge in [-0.25, -0.2) is 0 Å². The molecule has 0 unspecified atom stereocenters. The normalized spacial score (nSPS) is 30.4. The maximum absolute atomic E-state index is 12.9. The van der Waals surface area contributed by atoms with Gasteiger partial charge in [0.2, 0.25) is 5.91 Å². The second-order valence-corrected chi connectivity index (χ2v) is 7.21. The van der Waals surface area contributed by atoms with E-state index >= 15 is 0 Å². The number of rotatable bonds is 3. The summed E-state index contributed by atoms with van der Waals surface area (Å²) in [6.45, 7) is 0. The SMILES string of the molecule is O=C(Nc1ccc(Cl)c(Cl)c1)[C@@H]1[C@@H](c2ccncc2)[C@H]2O[C@@H]1C[C@@H]2O. The lowest BCUT2D eigenvalue weighted by Gasteiger charge is -2.30. The zero-order valence-electron chi connectivity index (χ0n) is 13.1. The van der Waals surface area contributed by atoms with E-state index in [4.69, 9.17) is 27.9 Å². The Balaban J connectivity index is 1.61. The fourth-order valence-corrected chi connectivity index (χ4v) is 4.12. The number of amides is 1. The van der Waals surface area contributed by atoms with Crippen molar-refractivity contribution in [1.82, 2.24) is 4.98 Å². The van der Waals surface area contributed by atoms with Crippen LogP contribution in [0.4, 0.5) is 5.69 Å². The third kappa shape index (κ3) is 3.02.